The first-order valence-corrected chi connectivity index (χ1v) is 6.37. The molecular weight excluding hydrogens is 244 g/mol. The number of carboxylic acids is 1. The van der Waals surface area contributed by atoms with Crippen LogP contribution in [0.4, 0.5) is 10.5 Å². The zero-order valence-electron chi connectivity index (χ0n) is 11.1. The molecule has 0 atom stereocenters. The summed E-state index contributed by atoms with van der Waals surface area (Å²) in [5.41, 5.74) is 1.37. The van der Waals surface area contributed by atoms with Gasteiger partial charge in [-0.25, -0.2) is 9.59 Å². The molecule has 2 amide bonds. The maximum Gasteiger partial charge on any atom is 0.336 e. The average Bonchev–Trinajstić information content (AvgIpc) is 2.29. The first kappa shape index (κ1) is 13.4. The maximum atomic E-state index is 11.7. The van der Waals surface area contributed by atoms with Crippen molar-refractivity contribution in [3.63, 3.8) is 0 Å². The van der Waals surface area contributed by atoms with Crippen LogP contribution < -0.4 is 10.6 Å². The number of aryl methyl sites for hydroxylation is 1. The van der Waals surface area contributed by atoms with Gasteiger partial charge in [0.2, 0.25) is 0 Å². The number of carbonyl (C=O) groups excluding carboxylic acids is 1. The lowest BCUT2D eigenvalue weighted by atomic mass is 9.82. The van der Waals surface area contributed by atoms with Gasteiger partial charge in [-0.3, -0.25) is 0 Å². The van der Waals surface area contributed by atoms with Crippen molar-refractivity contribution in [2.45, 2.75) is 32.7 Å². The summed E-state index contributed by atoms with van der Waals surface area (Å²) in [6.45, 7) is 3.87. The smallest absolute Gasteiger partial charge is 0.336 e. The molecule has 102 valence electrons. The van der Waals surface area contributed by atoms with E-state index >= 15 is 0 Å². The monoisotopic (exact) mass is 262 g/mol. The first-order valence-electron chi connectivity index (χ1n) is 6.37. The summed E-state index contributed by atoms with van der Waals surface area (Å²) in [7, 11) is 0. The van der Waals surface area contributed by atoms with E-state index in [-0.39, 0.29) is 17.6 Å². The van der Waals surface area contributed by atoms with Crippen molar-refractivity contribution in [1.82, 2.24) is 5.32 Å². The van der Waals surface area contributed by atoms with Crippen LogP contribution in [0, 0.1) is 12.8 Å². The summed E-state index contributed by atoms with van der Waals surface area (Å²) in [4.78, 5) is 22.7. The summed E-state index contributed by atoms with van der Waals surface area (Å²) in [6.07, 6.45) is 2.00. The maximum absolute atomic E-state index is 11.7. The molecule has 0 spiro atoms. The van der Waals surface area contributed by atoms with Crippen molar-refractivity contribution in [2.75, 3.05) is 5.32 Å². The molecule has 1 fully saturated rings. The van der Waals surface area contributed by atoms with Gasteiger partial charge in [0.1, 0.15) is 0 Å². The molecule has 1 aliphatic rings. The normalized spacial score (nSPS) is 21.4. The third-order valence-corrected chi connectivity index (χ3v) is 3.43. The Kier molecular flexibility index (Phi) is 3.74. The Morgan fingerprint density at radius 1 is 1.32 bits per heavy atom. The van der Waals surface area contributed by atoms with Crippen molar-refractivity contribution in [3.8, 4) is 0 Å². The van der Waals surface area contributed by atoms with Crippen molar-refractivity contribution in [2.24, 2.45) is 5.92 Å². The lowest BCUT2D eigenvalue weighted by Gasteiger charge is -2.33. The van der Waals surface area contributed by atoms with Gasteiger partial charge in [-0.2, -0.15) is 0 Å². The van der Waals surface area contributed by atoms with Crippen LogP contribution in [0.1, 0.15) is 35.7 Å². The topological polar surface area (TPSA) is 78.4 Å². The highest BCUT2D eigenvalue weighted by molar-refractivity contribution is 5.94. The van der Waals surface area contributed by atoms with E-state index < -0.39 is 5.97 Å². The highest BCUT2D eigenvalue weighted by Gasteiger charge is 2.26. The summed E-state index contributed by atoms with van der Waals surface area (Å²) in [5, 5.41) is 14.5. The van der Waals surface area contributed by atoms with Crippen LogP contribution in [-0.2, 0) is 0 Å². The second kappa shape index (κ2) is 5.30. The van der Waals surface area contributed by atoms with Crippen LogP contribution in [-0.4, -0.2) is 23.1 Å². The molecule has 19 heavy (non-hydrogen) atoms. The van der Waals surface area contributed by atoms with E-state index in [9.17, 15) is 9.59 Å². The molecule has 1 saturated carbocycles. The number of hydrogen-bond acceptors (Lipinski definition) is 2. The van der Waals surface area contributed by atoms with E-state index in [0.29, 0.717) is 17.2 Å². The molecule has 0 aliphatic heterocycles. The van der Waals surface area contributed by atoms with E-state index in [1.807, 2.05) is 0 Å². The molecule has 1 aromatic rings. The molecule has 1 aliphatic carbocycles. The van der Waals surface area contributed by atoms with E-state index in [1.165, 1.54) is 6.07 Å². The van der Waals surface area contributed by atoms with E-state index in [1.54, 1.807) is 19.1 Å². The zero-order valence-corrected chi connectivity index (χ0v) is 11.1. The third kappa shape index (κ3) is 3.24. The van der Waals surface area contributed by atoms with E-state index in [4.69, 9.17) is 5.11 Å². The van der Waals surface area contributed by atoms with Gasteiger partial charge in [0.15, 0.2) is 0 Å². The Hall–Kier alpha value is -2.04. The largest absolute Gasteiger partial charge is 0.478 e. The predicted molar refractivity (Wildman–Crippen MR) is 72.5 cm³/mol. The van der Waals surface area contributed by atoms with Crippen LogP contribution in [0.2, 0.25) is 0 Å². The number of urea groups is 1. The SMILES string of the molecule is Cc1ccc(NC(=O)NC2CC(C)C2)cc1C(=O)O. The number of rotatable bonds is 3. The number of hydrogen-bond donors (Lipinski definition) is 3. The lowest BCUT2D eigenvalue weighted by Crippen LogP contribution is -2.45. The molecule has 5 heteroatoms. The van der Waals surface area contributed by atoms with Gasteiger partial charge in [-0.15, -0.1) is 0 Å². The minimum absolute atomic E-state index is 0.204. The van der Waals surface area contributed by atoms with Gasteiger partial charge in [0.25, 0.3) is 0 Å². The standard InChI is InChI=1S/C14H18N2O3/c1-8-5-11(6-8)16-14(19)15-10-4-3-9(2)12(7-10)13(17)18/h3-4,7-8,11H,5-6H2,1-2H3,(H,17,18)(H2,15,16,19). The number of anilines is 1. The van der Waals surface area contributed by atoms with E-state index in [2.05, 4.69) is 17.6 Å². The molecule has 0 heterocycles. The van der Waals surface area contributed by atoms with Gasteiger partial charge in [0, 0.05) is 11.7 Å². The molecular formula is C14H18N2O3. The number of benzene rings is 1. The molecule has 0 saturated heterocycles. The van der Waals surface area contributed by atoms with Crippen molar-refractivity contribution >= 4 is 17.7 Å². The molecule has 2 rings (SSSR count). The molecule has 0 unspecified atom stereocenters. The number of carbonyl (C=O) groups is 2. The Labute approximate surface area is 112 Å². The van der Waals surface area contributed by atoms with Crippen LogP contribution >= 0.6 is 0 Å². The molecule has 3 N–H and O–H groups in total. The van der Waals surface area contributed by atoms with Crippen LogP contribution in [0.15, 0.2) is 18.2 Å². The number of nitrogens with one attached hydrogen (secondary N) is 2. The van der Waals surface area contributed by atoms with Crippen molar-refractivity contribution in [1.29, 1.82) is 0 Å². The second-order valence-electron chi connectivity index (χ2n) is 5.21. The number of amides is 2. The Morgan fingerprint density at radius 3 is 2.58 bits per heavy atom. The van der Waals surface area contributed by atoms with E-state index in [0.717, 1.165) is 12.8 Å². The molecule has 5 nitrogen and oxygen atoms in total. The highest BCUT2D eigenvalue weighted by atomic mass is 16.4. The van der Waals surface area contributed by atoms with Gasteiger partial charge in [-0.1, -0.05) is 13.0 Å². The fourth-order valence-corrected chi connectivity index (χ4v) is 2.30. The first-order chi connectivity index (χ1) is 8.95. The van der Waals surface area contributed by atoms with Gasteiger partial charge in [-0.05, 0) is 43.4 Å². The van der Waals surface area contributed by atoms with Gasteiger partial charge in [0.05, 0.1) is 5.56 Å². The number of aromatic carboxylic acids is 1. The van der Waals surface area contributed by atoms with Crippen molar-refractivity contribution < 1.29 is 14.7 Å². The molecule has 1 aromatic carbocycles. The Morgan fingerprint density at radius 2 is 2.00 bits per heavy atom. The summed E-state index contributed by atoms with van der Waals surface area (Å²) < 4.78 is 0. The molecule has 0 aromatic heterocycles. The third-order valence-electron chi connectivity index (χ3n) is 3.43. The zero-order chi connectivity index (χ0) is 14.0. The summed E-state index contributed by atoms with van der Waals surface area (Å²) >= 11 is 0. The summed E-state index contributed by atoms with van der Waals surface area (Å²) in [6, 6.07) is 4.81. The van der Waals surface area contributed by atoms with Crippen molar-refractivity contribution in [3.05, 3.63) is 29.3 Å². The van der Waals surface area contributed by atoms with Gasteiger partial charge < -0.3 is 15.7 Å². The van der Waals surface area contributed by atoms with Gasteiger partial charge >= 0.3 is 12.0 Å². The fourth-order valence-electron chi connectivity index (χ4n) is 2.30. The number of carboxylic acid groups (broad SMARTS) is 1. The molecule has 0 bridgehead atoms. The Balaban J connectivity index is 1.97. The Bertz CT molecular complexity index is 507. The second-order valence-corrected chi connectivity index (χ2v) is 5.21. The minimum Gasteiger partial charge on any atom is -0.478 e. The average molecular weight is 262 g/mol. The highest BCUT2D eigenvalue weighted by Crippen LogP contribution is 2.26. The van der Waals surface area contributed by atoms with Crippen LogP contribution in [0.25, 0.3) is 0 Å². The predicted octanol–water partition coefficient (Wildman–Crippen LogP) is 2.61. The lowest BCUT2D eigenvalue weighted by molar-refractivity contribution is 0.0696. The van der Waals surface area contributed by atoms with Crippen LogP contribution in [0.5, 0.6) is 0 Å². The fraction of sp³-hybridized carbons (Fsp3) is 0.429. The molecule has 0 radical (unpaired) electrons. The minimum atomic E-state index is -0.991. The summed E-state index contributed by atoms with van der Waals surface area (Å²) in [5.74, 6) is -0.322. The quantitative estimate of drug-likeness (QED) is 0.783. The van der Waals surface area contributed by atoms with Crippen LogP contribution in [0.3, 0.4) is 0 Å².